The number of hydrogen-bond donors (Lipinski definition) is 2. The van der Waals surface area contributed by atoms with Gasteiger partial charge in [-0.2, -0.15) is 0 Å². The van der Waals surface area contributed by atoms with Crippen molar-refractivity contribution in [3.05, 3.63) is 30.1 Å². The van der Waals surface area contributed by atoms with Crippen molar-refractivity contribution in [1.29, 1.82) is 0 Å². The number of methoxy groups -OCH3 is 1. The summed E-state index contributed by atoms with van der Waals surface area (Å²) >= 11 is 0. The first-order valence-corrected chi connectivity index (χ1v) is 9.75. The van der Waals surface area contributed by atoms with Gasteiger partial charge in [-0.15, -0.1) is 35.0 Å². The molecule has 2 aliphatic heterocycles. The molecule has 1 amide bonds. The number of aromatic nitrogens is 3. The van der Waals surface area contributed by atoms with Crippen LogP contribution in [-0.2, 0) is 22.5 Å². The van der Waals surface area contributed by atoms with Crippen LogP contribution in [0.15, 0.2) is 24.3 Å². The number of ether oxygens (including phenoxy) is 1. The number of amides is 1. The highest BCUT2D eigenvalue weighted by Gasteiger charge is 2.39. The summed E-state index contributed by atoms with van der Waals surface area (Å²) in [6.07, 6.45) is 4.93. The third kappa shape index (κ3) is 4.91. The first-order chi connectivity index (χ1) is 13.2. The first-order valence-electron chi connectivity index (χ1n) is 9.75. The molecule has 1 aromatic heterocycles. The quantitative estimate of drug-likeness (QED) is 0.744. The van der Waals surface area contributed by atoms with E-state index in [1.807, 2.05) is 24.3 Å². The van der Waals surface area contributed by atoms with Crippen molar-refractivity contribution in [3.63, 3.8) is 0 Å². The summed E-state index contributed by atoms with van der Waals surface area (Å²) in [6.45, 7) is 3.11. The number of fused-ring (bicyclic) bond motifs is 1. The minimum absolute atomic E-state index is 0. The van der Waals surface area contributed by atoms with Crippen LogP contribution in [-0.4, -0.2) is 47.5 Å². The lowest BCUT2D eigenvalue weighted by Crippen LogP contribution is -2.47. The van der Waals surface area contributed by atoms with Crippen molar-refractivity contribution in [2.75, 3.05) is 32.1 Å². The minimum atomic E-state index is -0.454. The molecule has 7 nitrogen and oxygen atoms in total. The maximum Gasteiger partial charge on any atom is 0.233 e. The van der Waals surface area contributed by atoms with Gasteiger partial charge in [0.05, 0.1) is 12.0 Å². The summed E-state index contributed by atoms with van der Waals surface area (Å²) in [5.41, 5.74) is 1.38. The van der Waals surface area contributed by atoms with Gasteiger partial charge in [-0.25, -0.2) is 0 Å². The number of piperidine rings is 1. The van der Waals surface area contributed by atoms with E-state index < -0.39 is 5.41 Å². The summed E-state index contributed by atoms with van der Waals surface area (Å²) in [6, 6.07) is 7.90. The topological polar surface area (TPSA) is 81.1 Å². The highest BCUT2D eigenvalue weighted by molar-refractivity contribution is 5.95. The molecule has 2 N–H and O–H groups in total. The van der Waals surface area contributed by atoms with Gasteiger partial charge in [0.25, 0.3) is 0 Å². The molecule has 1 fully saturated rings. The highest BCUT2D eigenvalue weighted by atomic mass is 35.5. The standard InChI is InChI=1S/C20H27N5O2.2ClH/c1-27-14-20(9-11-21-12-10-20)19(26)22-16-7-5-15(6-8-16)18-24-23-17-4-2-3-13-25(17)18;;/h5-8,21H,2-4,9-14H2,1H3,(H,22,26);2*1H. The average Bonchev–Trinajstić information content (AvgIpc) is 3.14. The monoisotopic (exact) mass is 441 g/mol. The minimum Gasteiger partial charge on any atom is -0.384 e. The molecule has 29 heavy (non-hydrogen) atoms. The number of benzene rings is 1. The fraction of sp³-hybridized carbons (Fsp3) is 0.550. The van der Waals surface area contributed by atoms with Gasteiger partial charge in [0, 0.05) is 31.3 Å². The Bertz CT molecular complexity index is 798. The summed E-state index contributed by atoms with van der Waals surface area (Å²) < 4.78 is 7.57. The van der Waals surface area contributed by atoms with Crippen LogP contribution in [0.2, 0.25) is 0 Å². The van der Waals surface area contributed by atoms with Crippen molar-refractivity contribution in [2.45, 2.75) is 38.6 Å². The number of halogens is 2. The molecule has 4 rings (SSSR count). The molecular weight excluding hydrogens is 413 g/mol. The number of hydrogen-bond acceptors (Lipinski definition) is 5. The lowest BCUT2D eigenvalue weighted by Gasteiger charge is -2.35. The molecule has 0 aliphatic carbocycles. The Balaban J connectivity index is 0.00000150. The van der Waals surface area contributed by atoms with Crippen LogP contribution in [0.25, 0.3) is 11.4 Å². The summed E-state index contributed by atoms with van der Waals surface area (Å²) in [5, 5.41) is 15.1. The average molecular weight is 442 g/mol. The first kappa shape index (κ1) is 23.6. The maximum absolute atomic E-state index is 12.9. The Kier molecular flexibility index (Phi) is 8.46. The van der Waals surface area contributed by atoms with Gasteiger partial charge in [-0.05, 0) is 63.0 Å². The molecule has 2 aliphatic rings. The van der Waals surface area contributed by atoms with E-state index in [0.29, 0.717) is 6.61 Å². The zero-order chi connectivity index (χ0) is 18.7. The fourth-order valence-electron chi connectivity index (χ4n) is 4.11. The van der Waals surface area contributed by atoms with E-state index in [1.54, 1.807) is 7.11 Å². The number of nitrogens with zero attached hydrogens (tertiary/aromatic N) is 3. The molecule has 0 atom stereocenters. The molecule has 160 valence electrons. The van der Waals surface area contributed by atoms with Gasteiger partial charge in [0.2, 0.25) is 5.91 Å². The lowest BCUT2D eigenvalue weighted by atomic mass is 9.78. The Hall–Kier alpha value is -1.67. The van der Waals surface area contributed by atoms with Crippen LogP contribution in [0.3, 0.4) is 0 Å². The SMILES string of the molecule is COCC1(C(=O)Nc2ccc(-c3nnc4n3CCCC4)cc2)CCNCC1.Cl.Cl. The lowest BCUT2D eigenvalue weighted by molar-refractivity contribution is -0.130. The van der Waals surface area contributed by atoms with Crippen LogP contribution in [0.5, 0.6) is 0 Å². The van der Waals surface area contributed by atoms with E-state index in [1.165, 1.54) is 12.8 Å². The maximum atomic E-state index is 12.9. The molecule has 0 saturated carbocycles. The van der Waals surface area contributed by atoms with Crippen molar-refractivity contribution in [2.24, 2.45) is 5.41 Å². The molecule has 1 saturated heterocycles. The van der Waals surface area contributed by atoms with E-state index >= 15 is 0 Å². The van der Waals surface area contributed by atoms with Gasteiger partial charge >= 0.3 is 0 Å². The summed E-state index contributed by atoms with van der Waals surface area (Å²) in [4.78, 5) is 12.9. The van der Waals surface area contributed by atoms with E-state index in [0.717, 1.165) is 61.8 Å². The van der Waals surface area contributed by atoms with Gasteiger partial charge < -0.3 is 19.9 Å². The van der Waals surface area contributed by atoms with Crippen molar-refractivity contribution in [3.8, 4) is 11.4 Å². The van der Waals surface area contributed by atoms with Crippen molar-refractivity contribution >= 4 is 36.4 Å². The second-order valence-electron chi connectivity index (χ2n) is 7.54. The number of nitrogens with one attached hydrogen (secondary N) is 2. The normalized spacial score (nSPS) is 17.4. The predicted octanol–water partition coefficient (Wildman–Crippen LogP) is 3.08. The van der Waals surface area contributed by atoms with Crippen molar-refractivity contribution in [1.82, 2.24) is 20.1 Å². The Morgan fingerprint density at radius 1 is 1.17 bits per heavy atom. The van der Waals surface area contributed by atoms with Gasteiger partial charge in [-0.1, -0.05) is 0 Å². The van der Waals surface area contributed by atoms with Crippen LogP contribution >= 0.6 is 24.8 Å². The molecule has 3 heterocycles. The van der Waals surface area contributed by atoms with Gasteiger partial charge in [0.15, 0.2) is 5.82 Å². The van der Waals surface area contributed by atoms with E-state index in [2.05, 4.69) is 25.4 Å². The van der Waals surface area contributed by atoms with E-state index in [9.17, 15) is 4.79 Å². The molecule has 2 aromatic rings. The number of carbonyl (C=O) groups is 1. The van der Waals surface area contributed by atoms with Crippen LogP contribution in [0, 0.1) is 5.41 Å². The Morgan fingerprint density at radius 2 is 1.90 bits per heavy atom. The Morgan fingerprint density at radius 3 is 2.59 bits per heavy atom. The third-order valence-corrected chi connectivity index (χ3v) is 5.72. The highest BCUT2D eigenvalue weighted by Crippen LogP contribution is 2.31. The largest absolute Gasteiger partial charge is 0.384 e. The molecule has 1 aromatic carbocycles. The molecule has 9 heteroatoms. The predicted molar refractivity (Wildman–Crippen MR) is 118 cm³/mol. The van der Waals surface area contributed by atoms with Gasteiger partial charge in [0.1, 0.15) is 5.82 Å². The zero-order valence-electron chi connectivity index (χ0n) is 16.6. The van der Waals surface area contributed by atoms with Crippen molar-refractivity contribution < 1.29 is 9.53 Å². The second kappa shape index (κ2) is 10.4. The number of anilines is 1. The smallest absolute Gasteiger partial charge is 0.233 e. The van der Waals surface area contributed by atoms with Gasteiger partial charge in [-0.3, -0.25) is 4.79 Å². The second-order valence-corrected chi connectivity index (χ2v) is 7.54. The van der Waals surface area contributed by atoms with Crippen LogP contribution in [0.4, 0.5) is 5.69 Å². The van der Waals surface area contributed by atoms with Crippen LogP contribution in [0.1, 0.15) is 31.5 Å². The van der Waals surface area contributed by atoms with E-state index in [-0.39, 0.29) is 30.7 Å². The summed E-state index contributed by atoms with van der Waals surface area (Å²) in [5.74, 6) is 2.02. The van der Waals surface area contributed by atoms with Crippen LogP contribution < -0.4 is 10.6 Å². The summed E-state index contributed by atoms with van der Waals surface area (Å²) in [7, 11) is 1.66. The Labute approximate surface area is 183 Å². The molecule has 0 bridgehead atoms. The molecule has 0 radical (unpaired) electrons. The molecule has 0 spiro atoms. The van der Waals surface area contributed by atoms with E-state index in [4.69, 9.17) is 4.74 Å². The molecular formula is C20H29Cl2N5O2. The zero-order valence-corrected chi connectivity index (χ0v) is 18.3. The number of carbonyl (C=O) groups excluding carboxylic acids is 1. The fourth-order valence-corrected chi connectivity index (χ4v) is 4.11. The number of rotatable bonds is 5. The third-order valence-electron chi connectivity index (χ3n) is 5.72. The molecule has 0 unspecified atom stereocenters. The number of aryl methyl sites for hydroxylation is 1.